The second-order valence-corrected chi connectivity index (χ2v) is 23.4. The van der Waals surface area contributed by atoms with E-state index in [1.54, 1.807) is 74.5 Å². The van der Waals surface area contributed by atoms with Crippen LogP contribution in [0, 0.1) is 0 Å². The summed E-state index contributed by atoms with van der Waals surface area (Å²) >= 11 is 0. The maximum absolute atomic E-state index is 14.7. The van der Waals surface area contributed by atoms with Crippen LogP contribution in [-0.2, 0) is 4.74 Å². The first kappa shape index (κ1) is 49.2. The van der Waals surface area contributed by atoms with Gasteiger partial charge in [-0.1, -0.05) is 121 Å². The predicted molar refractivity (Wildman–Crippen MR) is 336 cm³/mol. The molecule has 0 bridgehead atoms. The molecule has 0 radical (unpaired) electrons. The normalized spacial score (nSPS) is 15.8. The lowest BCUT2D eigenvalue weighted by Gasteiger charge is -2.34. The van der Waals surface area contributed by atoms with Crippen molar-refractivity contribution in [3.8, 4) is 0 Å². The SMILES string of the molecule is CC(COCC(C)N1C(=O)c2ccc3c4ccc5c6c(ccc(c7ccc(c2c37)C1=O)c64)C(=O)N(c1cccc2ccccc12)C5=O)N1C(=O)c2ccc3c4ccc5c6c(ccc(c7ccc(c2c37)C1=O)c64)C(=O)N(c1cccc2ccccc12)C5=O. The molecule has 8 amide bonds. The number of hydrogen-bond acceptors (Lipinski definition) is 9. The number of carbonyl (C=O) groups excluding carboxylic acids is 8. The molecule has 0 aromatic heterocycles. The van der Waals surface area contributed by atoms with Crippen molar-refractivity contribution in [3.05, 3.63) is 226 Å². The van der Waals surface area contributed by atoms with Gasteiger partial charge < -0.3 is 4.74 Å². The first-order chi connectivity index (χ1) is 42.4. The van der Waals surface area contributed by atoms with Gasteiger partial charge in [-0.05, 0) is 150 Å². The quantitative estimate of drug-likeness (QED) is 0.0820. The maximum Gasteiger partial charge on any atom is 0.266 e. The van der Waals surface area contributed by atoms with Crippen LogP contribution in [0.4, 0.5) is 11.4 Å². The molecule has 0 spiro atoms. The van der Waals surface area contributed by atoms with Crippen LogP contribution >= 0.6 is 0 Å². The molecule has 0 saturated heterocycles. The van der Waals surface area contributed by atoms with Gasteiger partial charge in [0, 0.05) is 76.8 Å². The lowest BCUT2D eigenvalue weighted by Crippen LogP contribution is -2.49. The number of nitrogens with zero attached hydrogens (tertiary/aromatic N) is 4. The van der Waals surface area contributed by atoms with Crippen LogP contribution < -0.4 is 9.80 Å². The van der Waals surface area contributed by atoms with Crippen molar-refractivity contribution in [1.29, 1.82) is 0 Å². The van der Waals surface area contributed by atoms with Crippen LogP contribution in [0.15, 0.2) is 182 Å². The Kier molecular flexibility index (Phi) is 9.71. The number of ether oxygens (including phenoxy) is 1. The number of amides is 8. The third-order valence-corrected chi connectivity index (χ3v) is 18.9. The molecule has 14 aromatic rings. The summed E-state index contributed by atoms with van der Waals surface area (Å²) in [6, 6.07) is 54.0. The molecular formula is C74H42N4O9. The third-order valence-electron chi connectivity index (χ3n) is 18.9. The van der Waals surface area contributed by atoms with Crippen molar-refractivity contribution in [2.45, 2.75) is 25.9 Å². The fraction of sp³-hybridized carbons (Fsp3) is 0.0811. The summed E-state index contributed by atoms with van der Waals surface area (Å²) in [7, 11) is 0. The monoisotopic (exact) mass is 1130 g/mol. The van der Waals surface area contributed by atoms with Crippen LogP contribution in [-0.4, -0.2) is 82.4 Å². The summed E-state index contributed by atoms with van der Waals surface area (Å²) in [5.41, 5.74) is 4.01. The van der Waals surface area contributed by atoms with Crippen molar-refractivity contribution < 1.29 is 43.1 Å². The lowest BCUT2D eigenvalue weighted by atomic mass is 9.82. The standard InChI is InChI=1S/C74H42N4O9/c1-35(75-67(79)49-25-17-41-45-21-29-53-65-54(30-22-46(61(45)65)42-18-26-50(68(75)80)63(49)59(41)42)72(84)77(71(53)83)57-15-7-11-37-9-3-5-13-39(37)57)33-87-34-36(2)76-69(81)51-27-19-43-47-23-31-55-66-56(32-24-48(62(47)66)44-20-28-52(70(76)82)64(51)60(43)44)74(86)78(73(55)85)58-16-8-12-38-10-4-6-14-40(38)58/h3-32,35-36H,33-34H2,1-2H3. The predicted octanol–water partition coefficient (Wildman–Crippen LogP) is 14.4. The molecule has 4 heterocycles. The van der Waals surface area contributed by atoms with Crippen molar-refractivity contribution in [2.75, 3.05) is 23.0 Å². The molecule has 87 heavy (non-hydrogen) atoms. The Hall–Kier alpha value is -11.3. The van der Waals surface area contributed by atoms with Crippen LogP contribution in [0.2, 0.25) is 0 Å². The van der Waals surface area contributed by atoms with Crippen LogP contribution in [0.5, 0.6) is 0 Å². The Morgan fingerprint density at radius 3 is 0.782 bits per heavy atom. The van der Waals surface area contributed by atoms with Crippen LogP contribution in [0.25, 0.3) is 108 Å². The first-order valence-electron chi connectivity index (χ1n) is 28.9. The van der Waals surface area contributed by atoms with E-state index < -0.39 is 59.3 Å². The van der Waals surface area contributed by atoms with Gasteiger partial charge in [0.2, 0.25) is 0 Å². The van der Waals surface area contributed by atoms with E-state index in [-0.39, 0.29) is 13.2 Å². The van der Waals surface area contributed by atoms with Crippen molar-refractivity contribution in [1.82, 2.24) is 9.80 Å². The summed E-state index contributed by atoms with van der Waals surface area (Å²) in [6.45, 7) is 3.28. The minimum atomic E-state index is -0.759. The van der Waals surface area contributed by atoms with E-state index in [2.05, 4.69) is 0 Å². The van der Waals surface area contributed by atoms with Gasteiger partial charge in [0.15, 0.2) is 0 Å². The molecule has 0 aliphatic carbocycles. The Labute approximate surface area is 492 Å². The zero-order valence-electron chi connectivity index (χ0n) is 46.4. The van der Waals surface area contributed by atoms with E-state index in [0.717, 1.165) is 86.2 Å². The lowest BCUT2D eigenvalue weighted by molar-refractivity contribution is 0.0236. The average Bonchev–Trinajstić information content (AvgIpc) is 0.726. The minimum absolute atomic E-state index is 0.0895. The van der Waals surface area contributed by atoms with Gasteiger partial charge in [-0.3, -0.25) is 48.2 Å². The Balaban J connectivity index is 0.623. The number of carbonyl (C=O) groups is 8. The van der Waals surface area contributed by atoms with E-state index in [9.17, 15) is 38.4 Å². The fourth-order valence-electron chi connectivity index (χ4n) is 15.2. The minimum Gasteiger partial charge on any atom is -0.377 e. The summed E-state index contributed by atoms with van der Waals surface area (Å²) in [5, 5.41) is 14.8. The average molecular weight is 1130 g/mol. The van der Waals surface area contributed by atoms with Gasteiger partial charge in [0.25, 0.3) is 47.3 Å². The topological polar surface area (TPSA) is 159 Å². The summed E-state index contributed by atoms with van der Waals surface area (Å²) in [6.07, 6.45) is 0. The number of imide groups is 4. The summed E-state index contributed by atoms with van der Waals surface area (Å²) in [4.78, 5) is 122. The molecule has 0 fully saturated rings. The van der Waals surface area contributed by atoms with E-state index >= 15 is 0 Å². The number of fused-ring (bicyclic) bond motifs is 6. The van der Waals surface area contributed by atoms with Gasteiger partial charge in [0.05, 0.1) is 36.7 Å². The number of rotatable bonds is 8. The molecule has 18 rings (SSSR count). The largest absolute Gasteiger partial charge is 0.377 e. The smallest absolute Gasteiger partial charge is 0.266 e. The molecule has 412 valence electrons. The fourth-order valence-corrected chi connectivity index (χ4v) is 15.2. The second kappa shape index (κ2) is 17.2. The second-order valence-electron chi connectivity index (χ2n) is 23.4. The highest BCUT2D eigenvalue weighted by Crippen LogP contribution is 2.50. The molecule has 2 unspecified atom stereocenters. The maximum atomic E-state index is 14.7. The third kappa shape index (κ3) is 6.19. The Morgan fingerprint density at radius 2 is 0.506 bits per heavy atom. The van der Waals surface area contributed by atoms with Crippen molar-refractivity contribution >= 4 is 166 Å². The van der Waals surface area contributed by atoms with E-state index in [1.807, 2.05) is 121 Å². The molecule has 4 aliphatic heterocycles. The van der Waals surface area contributed by atoms with Gasteiger partial charge in [0.1, 0.15) is 0 Å². The van der Waals surface area contributed by atoms with Gasteiger partial charge >= 0.3 is 0 Å². The zero-order valence-corrected chi connectivity index (χ0v) is 46.4. The molecule has 0 saturated carbocycles. The molecule has 13 heteroatoms. The molecule has 13 nitrogen and oxygen atoms in total. The van der Waals surface area contributed by atoms with Gasteiger partial charge in [-0.15, -0.1) is 0 Å². The highest BCUT2D eigenvalue weighted by atomic mass is 16.5. The highest BCUT2D eigenvalue weighted by Gasteiger charge is 2.42. The summed E-state index contributed by atoms with van der Waals surface area (Å²) in [5.74, 6) is -3.65. The molecule has 4 aliphatic rings. The molecular weight excluding hydrogens is 1090 g/mol. The van der Waals surface area contributed by atoms with E-state index in [4.69, 9.17) is 4.74 Å². The van der Waals surface area contributed by atoms with E-state index in [0.29, 0.717) is 77.4 Å². The highest BCUT2D eigenvalue weighted by molar-refractivity contribution is 6.46. The number of hydrogen-bond donors (Lipinski definition) is 0. The van der Waals surface area contributed by atoms with Crippen LogP contribution in [0.1, 0.15) is 96.7 Å². The number of anilines is 2. The van der Waals surface area contributed by atoms with E-state index in [1.165, 1.54) is 19.6 Å². The molecule has 2 atom stereocenters. The summed E-state index contributed by atoms with van der Waals surface area (Å²) < 4.78 is 6.26. The van der Waals surface area contributed by atoms with Crippen LogP contribution in [0.3, 0.4) is 0 Å². The van der Waals surface area contributed by atoms with Crippen molar-refractivity contribution in [2.24, 2.45) is 0 Å². The van der Waals surface area contributed by atoms with Crippen molar-refractivity contribution in [3.63, 3.8) is 0 Å². The molecule has 0 N–H and O–H groups in total. The first-order valence-corrected chi connectivity index (χ1v) is 28.9. The number of benzene rings is 14. The Bertz CT molecular complexity index is 5110. The van der Waals surface area contributed by atoms with Gasteiger partial charge in [-0.2, -0.15) is 0 Å². The van der Waals surface area contributed by atoms with Gasteiger partial charge in [-0.25, -0.2) is 9.80 Å². The molecule has 14 aromatic carbocycles. The zero-order chi connectivity index (χ0) is 58.7. The Morgan fingerprint density at radius 1 is 0.264 bits per heavy atom.